The Hall–Kier alpha value is -2.29. The molecule has 0 bridgehead atoms. The van der Waals surface area contributed by atoms with Gasteiger partial charge in [0.2, 0.25) is 5.91 Å². The molecule has 1 aliphatic carbocycles. The molecule has 1 saturated carbocycles. The molecule has 1 fully saturated rings. The van der Waals surface area contributed by atoms with Gasteiger partial charge in [-0.05, 0) is 51.5 Å². The quantitative estimate of drug-likeness (QED) is 0.921. The molecule has 3 nitrogen and oxygen atoms in total. The molecule has 0 saturated heterocycles. The zero-order chi connectivity index (χ0) is 16.4. The van der Waals surface area contributed by atoms with Gasteiger partial charge >= 0.3 is 0 Å². The second-order valence-electron chi connectivity index (χ2n) is 7.19. The normalized spacial score (nSPS) is 20.0. The molecule has 2 aromatic carbocycles. The predicted molar refractivity (Wildman–Crippen MR) is 94.8 cm³/mol. The monoisotopic (exact) mass is 308 g/mol. The highest BCUT2D eigenvalue weighted by Gasteiger charge is 2.48. The summed E-state index contributed by atoms with van der Waals surface area (Å²) in [5.41, 5.74) is 2.08. The Morgan fingerprint density at radius 1 is 0.957 bits per heavy atom. The molecule has 0 spiro atoms. The minimum absolute atomic E-state index is 0.0506. The van der Waals surface area contributed by atoms with Crippen LogP contribution >= 0.6 is 0 Å². The zero-order valence-corrected chi connectivity index (χ0v) is 14.0. The lowest BCUT2D eigenvalue weighted by Crippen LogP contribution is -2.42. The molecule has 0 radical (unpaired) electrons. The second kappa shape index (κ2) is 6.07. The first-order chi connectivity index (χ1) is 11.0. The van der Waals surface area contributed by atoms with E-state index in [1.807, 2.05) is 57.2 Å². The molecule has 0 heterocycles. The van der Waals surface area contributed by atoms with Gasteiger partial charge in [-0.25, -0.2) is 0 Å². The van der Waals surface area contributed by atoms with Gasteiger partial charge in [0.25, 0.3) is 0 Å². The van der Waals surface area contributed by atoms with Gasteiger partial charge in [0.15, 0.2) is 0 Å². The summed E-state index contributed by atoms with van der Waals surface area (Å²) < 4.78 is 0. The summed E-state index contributed by atoms with van der Waals surface area (Å²) in [6, 6.07) is 20.8. The third-order valence-corrected chi connectivity index (χ3v) is 3.99. The number of amides is 1. The van der Waals surface area contributed by atoms with Crippen LogP contribution in [-0.4, -0.2) is 17.5 Å². The maximum absolute atomic E-state index is 12.5. The number of hydrogen-bond acceptors (Lipinski definition) is 2. The van der Waals surface area contributed by atoms with Gasteiger partial charge in [0, 0.05) is 23.0 Å². The molecule has 0 aromatic heterocycles. The number of nitrogens with zero attached hydrogens (tertiary/aromatic N) is 1. The number of nitrogens with one attached hydrogen (secondary N) is 1. The van der Waals surface area contributed by atoms with Crippen molar-refractivity contribution in [3.8, 4) is 0 Å². The highest BCUT2D eigenvalue weighted by Crippen LogP contribution is 2.43. The predicted octanol–water partition coefficient (Wildman–Crippen LogP) is 4.13. The summed E-state index contributed by atoms with van der Waals surface area (Å²) in [5, 5.41) is 3.10. The Morgan fingerprint density at radius 3 is 1.87 bits per heavy atom. The van der Waals surface area contributed by atoms with E-state index in [1.165, 1.54) is 0 Å². The maximum atomic E-state index is 12.5. The summed E-state index contributed by atoms with van der Waals surface area (Å²) in [5.74, 6) is 0.203. The SMILES string of the molecule is CC(C)(C)NC(=O)[C@@H]1C[C@H]1N(c1ccccc1)c1ccccc1. The lowest BCUT2D eigenvalue weighted by molar-refractivity contribution is -0.123. The van der Waals surface area contributed by atoms with E-state index < -0.39 is 0 Å². The zero-order valence-electron chi connectivity index (χ0n) is 14.0. The number of anilines is 2. The fourth-order valence-electron chi connectivity index (χ4n) is 2.92. The summed E-state index contributed by atoms with van der Waals surface area (Å²) in [6.07, 6.45) is 0.895. The van der Waals surface area contributed by atoms with Crippen LogP contribution in [0.5, 0.6) is 0 Å². The molecule has 3 heteroatoms. The fraction of sp³-hybridized carbons (Fsp3) is 0.350. The molecule has 3 rings (SSSR count). The van der Waals surface area contributed by atoms with Crippen molar-refractivity contribution in [3.05, 3.63) is 60.7 Å². The van der Waals surface area contributed by atoms with E-state index in [1.54, 1.807) is 0 Å². The average Bonchev–Trinajstić information content (AvgIpc) is 3.28. The average molecular weight is 308 g/mol. The number of para-hydroxylation sites is 2. The maximum Gasteiger partial charge on any atom is 0.225 e. The summed E-state index contributed by atoms with van der Waals surface area (Å²) in [7, 11) is 0. The van der Waals surface area contributed by atoms with Gasteiger partial charge in [-0.2, -0.15) is 0 Å². The van der Waals surface area contributed by atoms with Gasteiger partial charge in [-0.1, -0.05) is 36.4 Å². The Balaban J connectivity index is 1.83. The third kappa shape index (κ3) is 3.73. The minimum Gasteiger partial charge on any atom is -0.351 e. The molecule has 2 atom stereocenters. The topological polar surface area (TPSA) is 32.3 Å². The van der Waals surface area contributed by atoms with E-state index in [0.29, 0.717) is 0 Å². The fourth-order valence-corrected chi connectivity index (χ4v) is 2.92. The number of hydrogen-bond donors (Lipinski definition) is 1. The molecule has 1 N–H and O–H groups in total. The lowest BCUT2D eigenvalue weighted by atomic mass is 10.1. The molecule has 1 amide bonds. The number of carbonyl (C=O) groups excluding carboxylic acids is 1. The van der Waals surface area contributed by atoms with Crippen molar-refractivity contribution in [2.75, 3.05) is 4.90 Å². The van der Waals surface area contributed by atoms with Crippen LogP contribution in [0.2, 0.25) is 0 Å². The Labute approximate surface area is 138 Å². The molecule has 2 aromatic rings. The van der Waals surface area contributed by atoms with Crippen molar-refractivity contribution >= 4 is 17.3 Å². The van der Waals surface area contributed by atoms with Gasteiger partial charge in [-0.15, -0.1) is 0 Å². The summed E-state index contributed by atoms with van der Waals surface area (Å²) in [4.78, 5) is 14.7. The van der Waals surface area contributed by atoms with E-state index in [2.05, 4.69) is 34.5 Å². The van der Waals surface area contributed by atoms with Crippen LogP contribution in [0.25, 0.3) is 0 Å². The Bertz CT molecular complexity index is 622. The van der Waals surface area contributed by atoms with E-state index in [-0.39, 0.29) is 23.4 Å². The van der Waals surface area contributed by atoms with Crippen LogP contribution in [0.4, 0.5) is 11.4 Å². The second-order valence-corrected chi connectivity index (χ2v) is 7.19. The number of rotatable bonds is 4. The Morgan fingerprint density at radius 2 is 1.43 bits per heavy atom. The first kappa shape index (κ1) is 15.6. The largest absolute Gasteiger partial charge is 0.351 e. The molecule has 120 valence electrons. The minimum atomic E-state index is -0.186. The van der Waals surface area contributed by atoms with Crippen molar-refractivity contribution in [1.29, 1.82) is 0 Å². The van der Waals surface area contributed by atoms with E-state index in [9.17, 15) is 4.79 Å². The highest BCUT2D eigenvalue weighted by atomic mass is 16.2. The lowest BCUT2D eigenvalue weighted by Gasteiger charge is -2.26. The van der Waals surface area contributed by atoms with Crippen LogP contribution in [0.3, 0.4) is 0 Å². The summed E-state index contributed by atoms with van der Waals surface area (Å²) in [6.45, 7) is 6.07. The van der Waals surface area contributed by atoms with E-state index in [0.717, 1.165) is 17.8 Å². The highest BCUT2D eigenvalue weighted by molar-refractivity contribution is 5.85. The molecular formula is C20H24N2O. The van der Waals surface area contributed by atoms with Crippen LogP contribution in [0.1, 0.15) is 27.2 Å². The number of carbonyl (C=O) groups is 1. The smallest absolute Gasteiger partial charge is 0.225 e. The van der Waals surface area contributed by atoms with Gasteiger partial charge < -0.3 is 10.2 Å². The van der Waals surface area contributed by atoms with Crippen molar-refractivity contribution in [2.45, 2.75) is 38.8 Å². The van der Waals surface area contributed by atoms with Crippen LogP contribution in [0, 0.1) is 5.92 Å². The molecule has 0 unspecified atom stereocenters. The van der Waals surface area contributed by atoms with Crippen LogP contribution in [0.15, 0.2) is 60.7 Å². The molecule has 23 heavy (non-hydrogen) atoms. The Kier molecular flexibility index (Phi) is 4.12. The van der Waals surface area contributed by atoms with Gasteiger partial charge in [-0.3, -0.25) is 4.79 Å². The first-order valence-electron chi connectivity index (χ1n) is 8.17. The van der Waals surface area contributed by atoms with Crippen molar-refractivity contribution < 1.29 is 4.79 Å². The van der Waals surface area contributed by atoms with Crippen LogP contribution in [-0.2, 0) is 4.79 Å². The number of benzene rings is 2. The van der Waals surface area contributed by atoms with Gasteiger partial charge in [0.1, 0.15) is 0 Å². The third-order valence-electron chi connectivity index (χ3n) is 3.99. The standard InChI is InChI=1S/C20H24N2O/c1-20(2,3)21-19(23)17-14-18(17)22(15-10-6-4-7-11-15)16-12-8-5-9-13-16/h4-13,17-18H,14H2,1-3H3,(H,21,23)/t17-,18-/m1/s1. The van der Waals surface area contributed by atoms with Crippen molar-refractivity contribution in [2.24, 2.45) is 5.92 Å². The molecule has 1 aliphatic rings. The molecule has 0 aliphatic heterocycles. The van der Waals surface area contributed by atoms with Crippen molar-refractivity contribution in [3.63, 3.8) is 0 Å². The first-order valence-corrected chi connectivity index (χ1v) is 8.17. The van der Waals surface area contributed by atoms with E-state index in [4.69, 9.17) is 0 Å². The molecular weight excluding hydrogens is 284 g/mol. The van der Waals surface area contributed by atoms with Crippen LogP contribution < -0.4 is 10.2 Å². The van der Waals surface area contributed by atoms with Crippen molar-refractivity contribution in [1.82, 2.24) is 5.32 Å². The van der Waals surface area contributed by atoms with E-state index >= 15 is 0 Å². The van der Waals surface area contributed by atoms with Gasteiger partial charge in [0.05, 0.1) is 5.92 Å². The summed E-state index contributed by atoms with van der Waals surface area (Å²) >= 11 is 0.